The maximum Gasteiger partial charge on any atom is 0.161 e. The Labute approximate surface area is 200 Å². The highest BCUT2D eigenvalue weighted by Gasteiger charge is 2.11. The summed E-state index contributed by atoms with van der Waals surface area (Å²) >= 11 is 1.62. The topological polar surface area (TPSA) is 59.9 Å². The molecule has 6 heteroatoms. The molecule has 0 bridgehead atoms. The molecule has 0 aliphatic rings. The Balaban J connectivity index is 1.28. The molecule has 164 valence electrons. The number of benzene rings is 3. The Kier molecular flexibility index (Phi) is 5.13. The monoisotopic (exact) mass is 460 g/mol. The van der Waals surface area contributed by atoms with Crippen molar-refractivity contribution in [3.8, 4) is 22.8 Å². The van der Waals surface area contributed by atoms with Crippen LogP contribution in [0.2, 0.25) is 0 Å². The molecule has 5 nitrogen and oxygen atoms in total. The average molecular weight is 461 g/mol. The van der Waals surface area contributed by atoms with Crippen molar-refractivity contribution < 1.29 is 4.74 Å². The van der Waals surface area contributed by atoms with Gasteiger partial charge in [-0.25, -0.2) is 0 Å². The zero-order valence-corrected chi connectivity index (χ0v) is 19.2. The van der Waals surface area contributed by atoms with Gasteiger partial charge in [0.15, 0.2) is 5.82 Å². The Morgan fingerprint density at radius 1 is 0.794 bits per heavy atom. The molecule has 0 fully saturated rings. The van der Waals surface area contributed by atoms with Crippen molar-refractivity contribution >= 4 is 43.8 Å². The number of anilines is 2. The van der Waals surface area contributed by atoms with Gasteiger partial charge in [0.2, 0.25) is 0 Å². The standard InChI is InChI=1S/C28H20N4OS/c1-18-6-8-19(9-7-18)26-22-4-2-3-5-23(22)28(32-31-26)30-20-10-12-21(13-11-20)33-25-14-16-29-24-15-17-34-27(24)25/h2-17H,1H3,(H,30,32). The molecule has 0 radical (unpaired) electrons. The van der Waals surface area contributed by atoms with Crippen LogP contribution in [-0.2, 0) is 0 Å². The van der Waals surface area contributed by atoms with E-state index in [4.69, 9.17) is 4.74 Å². The summed E-state index contributed by atoms with van der Waals surface area (Å²) in [5.41, 5.74) is 5.00. The Morgan fingerprint density at radius 2 is 1.59 bits per heavy atom. The van der Waals surface area contributed by atoms with Gasteiger partial charge in [0.1, 0.15) is 17.2 Å². The van der Waals surface area contributed by atoms with Crippen LogP contribution in [0.15, 0.2) is 96.5 Å². The van der Waals surface area contributed by atoms with Crippen LogP contribution in [0.1, 0.15) is 5.56 Å². The van der Waals surface area contributed by atoms with E-state index < -0.39 is 0 Å². The lowest BCUT2D eigenvalue weighted by molar-refractivity contribution is 0.489. The first kappa shape index (κ1) is 20.3. The molecule has 0 spiro atoms. The van der Waals surface area contributed by atoms with Gasteiger partial charge in [-0.15, -0.1) is 21.5 Å². The quantitative estimate of drug-likeness (QED) is 0.285. The van der Waals surface area contributed by atoms with Gasteiger partial charge in [0.05, 0.1) is 10.2 Å². The fourth-order valence-corrected chi connectivity index (χ4v) is 4.72. The van der Waals surface area contributed by atoms with E-state index in [9.17, 15) is 0 Å². The number of nitrogens with zero attached hydrogens (tertiary/aromatic N) is 3. The smallest absolute Gasteiger partial charge is 0.161 e. The van der Waals surface area contributed by atoms with Crippen LogP contribution in [0.25, 0.3) is 32.2 Å². The van der Waals surface area contributed by atoms with Gasteiger partial charge < -0.3 is 10.1 Å². The van der Waals surface area contributed by atoms with Crippen LogP contribution in [-0.4, -0.2) is 15.2 Å². The lowest BCUT2D eigenvalue weighted by Crippen LogP contribution is -1.99. The molecule has 3 aromatic heterocycles. The molecular formula is C28H20N4OS. The van der Waals surface area contributed by atoms with Crippen molar-refractivity contribution in [1.82, 2.24) is 15.2 Å². The zero-order valence-electron chi connectivity index (χ0n) is 18.4. The number of hydrogen-bond acceptors (Lipinski definition) is 6. The van der Waals surface area contributed by atoms with Crippen molar-refractivity contribution in [3.63, 3.8) is 0 Å². The number of aromatic nitrogens is 3. The van der Waals surface area contributed by atoms with E-state index >= 15 is 0 Å². The minimum absolute atomic E-state index is 0.717. The third kappa shape index (κ3) is 3.84. The van der Waals surface area contributed by atoms with E-state index in [-0.39, 0.29) is 0 Å². The molecule has 0 aliphatic heterocycles. The maximum absolute atomic E-state index is 6.11. The summed E-state index contributed by atoms with van der Waals surface area (Å²) < 4.78 is 7.15. The summed E-state index contributed by atoms with van der Waals surface area (Å²) in [6, 6.07) is 28.3. The van der Waals surface area contributed by atoms with Crippen molar-refractivity contribution in [2.45, 2.75) is 6.92 Å². The van der Waals surface area contributed by atoms with Crippen LogP contribution < -0.4 is 10.1 Å². The average Bonchev–Trinajstić information content (AvgIpc) is 3.36. The second-order valence-electron chi connectivity index (χ2n) is 8.00. The van der Waals surface area contributed by atoms with E-state index in [0.29, 0.717) is 0 Å². The normalized spacial score (nSPS) is 11.1. The predicted octanol–water partition coefficient (Wildman–Crippen LogP) is 7.75. The second kappa shape index (κ2) is 8.57. The number of rotatable bonds is 5. The van der Waals surface area contributed by atoms with E-state index in [0.717, 1.165) is 55.3 Å². The minimum Gasteiger partial charge on any atom is -0.456 e. The van der Waals surface area contributed by atoms with Gasteiger partial charge in [0.25, 0.3) is 0 Å². The number of hydrogen-bond donors (Lipinski definition) is 1. The molecule has 6 aromatic rings. The molecule has 0 aliphatic carbocycles. The van der Waals surface area contributed by atoms with E-state index in [1.54, 1.807) is 17.5 Å². The molecule has 0 unspecified atom stereocenters. The number of aryl methyl sites for hydroxylation is 1. The number of pyridine rings is 1. The highest BCUT2D eigenvalue weighted by atomic mass is 32.1. The fourth-order valence-electron chi connectivity index (χ4n) is 3.92. The SMILES string of the molecule is Cc1ccc(-c2nnc(Nc3ccc(Oc4ccnc5ccsc45)cc3)c3ccccc23)cc1. The number of ether oxygens (including phenoxy) is 1. The first-order valence-electron chi connectivity index (χ1n) is 10.9. The van der Waals surface area contributed by atoms with Gasteiger partial charge in [-0.3, -0.25) is 4.98 Å². The summed E-state index contributed by atoms with van der Waals surface area (Å²) in [5.74, 6) is 2.29. The molecule has 0 saturated carbocycles. The van der Waals surface area contributed by atoms with E-state index in [1.165, 1.54) is 5.56 Å². The van der Waals surface area contributed by atoms with E-state index in [2.05, 4.69) is 63.8 Å². The van der Waals surface area contributed by atoms with Crippen molar-refractivity contribution in [3.05, 3.63) is 102 Å². The summed E-state index contributed by atoms with van der Waals surface area (Å²) in [5, 5.41) is 16.6. The maximum atomic E-state index is 6.11. The third-order valence-corrected chi connectivity index (χ3v) is 6.58. The summed E-state index contributed by atoms with van der Waals surface area (Å²) in [6.45, 7) is 2.08. The van der Waals surface area contributed by atoms with Gasteiger partial charge in [-0.05, 0) is 42.6 Å². The molecule has 34 heavy (non-hydrogen) atoms. The molecule has 0 saturated heterocycles. The van der Waals surface area contributed by atoms with Gasteiger partial charge in [-0.1, -0.05) is 54.1 Å². The number of thiophene rings is 1. The lowest BCUT2D eigenvalue weighted by atomic mass is 10.0. The van der Waals surface area contributed by atoms with Crippen LogP contribution in [0.3, 0.4) is 0 Å². The predicted molar refractivity (Wildman–Crippen MR) is 139 cm³/mol. The zero-order chi connectivity index (χ0) is 22.9. The van der Waals surface area contributed by atoms with Gasteiger partial charge in [-0.2, -0.15) is 0 Å². The van der Waals surface area contributed by atoms with Crippen LogP contribution in [0.4, 0.5) is 11.5 Å². The Morgan fingerprint density at radius 3 is 2.41 bits per heavy atom. The van der Waals surface area contributed by atoms with E-state index in [1.807, 2.05) is 53.9 Å². The number of nitrogens with one attached hydrogen (secondary N) is 1. The first-order valence-corrected chi connectivity index (χ1v) is 11.8. The summed E-state index contributed by atoms with van der Waals surface area (Å²) in [7, 11) is 0. The summed E-state index contributed by atoms with van der Waals surface area (Å²) in [6.07, 6.45) is 1.77. The Hall–Kier alpha value is -4.29. The molecule has 3 aromatic carbocycles. The highest BCUT2D eigenvalue weighted by molar-refractivity contribution is 7.17. The van der Waals surface area contributed by atoms with Crippen LogP contribution in [0, 0.1) is 6.92 Å². The molecular weight excluding hydrogens is 440 g/mol. The minimum atomic E-state index is 0.717. The van der Waals surface area contributed by atoms with Gasteiger partial charge >= 0.3 is 0 Å². The van der Waals surface area contributed by atoms with Gasteiger partial charge in [0, 0.05) is 34.3 Å². The Bertz CT molecular complexity index is 1610. The summed E-state index contributed by atoms with van der Waals surface area (Å²) in [4.78, 5) is 4.37. The van der Waals surface area contributed by atoms with Crippen molar-refractivity contribution in [2.75, 3.05) is 5.32 Å². The van der Waals surface area contributed by atoms with Crippen molar-refractivity contribution in [2.24, 2.45) is 0 Å². The third-order valence-electron chi connectivity index (χ3n) is 5.66. The van der Waals surface area contributed by atoms with Crippen molar-refractivity contribution in [1.29, 1.82) is 0 Å². The molecule has 6 rings (SSSR count). The van der Waals surface area contributed by atoms with Crippen LogP contribution in [0.5, 0.6) is 11.5 Å². The highest BCUT2D eigenvalue weighted by Crippen LogP contribution is 2.34. The molecule has 0 atom stereocenters. The first-order chi connectivity index (χ1) is 16.7. The largest absolute Gasteiger partial charge is 0.456 e. The molecule has 3 heterocycles. The second-order valence-corrected chi connectivity index (χ2v) is 8.92. The fraction of sp³-hybridized carbons (Fsp3) is 0.0357. The molecule has 1 N–H and O–H groups in total. The number of fused-ring (bicyclic) bond motifs is 2. The van der Waals surface area contributed by atoms with Crippen LogP contribution >= 0.6 is 11.3 Å². The molecule has 0 amide bonds. The lowest BCUT2D eigenvalue weighted by Gasteiger charge is -2.12.